The van der Waals surface area contributed by atoms with E-state index in [9.17, 15) is 13.2 Å². The SMILES string of the molecule is COC(=O)Nc1nc2cc(Sc3cccc(S(N)(=O)=O)c3)ccc2[nH]1. The van der Waals surface area contributed by atoms with E-state index in [1.807, 2.05) is 18.2 Å². The number of nitrogens with two attached hydrogens (primary N) is 1. The number of anilines is 1. The molecule has 2 aromatic carbocycles. The number of fused-ring (bicyclic) bond motifs is 1. The summed E-state index contributed by atoms with van der Waals surface area (Å²) in [5.41, 5.74) is 1.40. The molecule has 25 heavy (non-hydrogen) atoms. The van der Waals surface area contributed by atoms with Crippen LogP contribution in [0.15, 0.2) is 57.2 Å². The third-order valence-electron chi connectivity index (χ3n) is 3.23. The van der Waals surface area contributed by atoms with Crippen molar-refractivity contribution in [2.24, 2.45) is 5.14 Å². The van der Waals surface area contributed by atoms with Gasteiger partial charge in [0.05, 0.1) is 23.0 Å². The zero-order chi connectivity index (χ0) is 18.0. The number of aromatic nitrogens is 2. The lowest BCUT2D eigenvalue weighted by Gasteiger charge is -2.04. The van der Waals surface area contributed by atoms with E-state index in [1.165, 1.54) is 31.0 Å². The van der Waals surface area contributed by atoms with Gasteiger partial charge in [-0.25, -0.2) is 23.3 Å². The molecule has 130 valence electrons. The number of imidazole rings is 1. The number of H-pyrrole nitrogens is 1. The summed E-state index contributed by atoms with van der Waals surface area (Å²) in [4.78, 5) is 20.1. The first-order valence-corrected chi connectivity index (χ1v) is 9.37. The molecule has 1 aromatic heterocycles. The molecular formula is C15H14N4O4S2. The van der Waals surface area contributed by atoms with Gasteiger partial charge < -0.3 is 9.72 Å². The molecule has 0 fully saturated rings. The number of nitrogens with one attached hydrogen (secondary N) is 2. The van der Waals surface area contributed by atoms with Gasteiger partial charge in [0.25, 0.3) is 0 Å². The van der Waals surface area contributed by atoms with Crippen molar-refractivity contribution in [1.82, 2.24) is 9.97 Å². The number of rotatable bonds is 4. The van der Waals surface area contributed by atoms with Gasteiger partial charge in [0.2, 0.25) is 16.0 Å². The molecular weight excluding hydrogens is 364 g/mol. The largest absolute Gasteiger partial charge is 0.453 e. The van der Waals surface area contributed by atoms with Gasteiger partial charge in [-0.1, -0.05) is 17.8 Å². The number of hydrogen-bond donors (Lipinski definition) is 3. The zero-order valence-electron chi connectivity index (χ0n) is 13.0. The van der Waals surface area contributed by atoms with Gasteiger partial charge in [0.1, 0.15) is 0 Å². The Labute approximate surface area is 147 Å². The second kappa shape index (κ2) is 6.75. The molecule has 0 spiro atoms. The summed E-state index contributed by atoms with van der Waals surface area (Å²) in [6.45, 7) is 0. The van der Waals surface area contributed by atoms with Gasteiger partial charge in [-0.05, 0) is 36.4 Å². The van der Waals surface area contributed by atoms with Crippen molar-refractivity contribution in [3.05, 3.63) is 42.5 Å². The Bertz CT molecular complexity index is 1050. The quantitative estimate of drug-likeness (QED) is 0.640. The molecule has 0 radical (unpaired) electrons. The first-order chi connectivity index (χ1) is 11.8. The lowest BCUT2D eigenvalue weighted by atomic mass is 10.3. The maximum absolute atomic E-state index is 11.4. The maximum atomic E-state index is 11.4. The maximum Gasteiger partial charge on any atom is 0.413 e. The van der Waals surface area contributed by atoms with Crippen LogP contribution in [0, 0.1) is 0 Å². The van der Waals surface area contributed by atoms with E-state index in [0.717, 1.165) is 15.3 Å². The predicted octanol–water partition coefficient (Wildman–Crippen LogP) is 2.54. The Kier molecular flexibility index (Phi) is 4.66. The highest BCUT2D eigenvalue weighted by atomic mass is 32.2. The molecule has 4 N–H and O–H groups in total. The van der Waals surface area contributed by atoms with Crippen LogP contribution in [0.2, 0.25) is 0 Å². The summed E-state index contributed by atoms with van der Waals surface area (Å²) in [5, 5.41) is 7.61. The molecule has 1 amide bonds. The monoisotopic (exact) mass is 378 g/mol. The molecule has 0 saturated carbocycles. The number of benzene rings is 2. The van der Waals surface area contributed by atoms with E-state index >= 15 is 0 Å². The van der Waals surface area contributed by atoms with E-state index in [0.29, 0.717) is 5.52 Å². The number of amides is 1. The number of ether oxygens (including phenoxy) is 1. The minimum atomic E-state index is -3.75. The van der Waals surface area contributed by atoms with Crippen molar-refractivity contribution in [1.29, 1.82) is 0 Å². The van der Waals surface area contributed by atoms with Gasteiger partial charge in [0.15, 0.2) is 0 Å². The third-order valence-corrected chi connectivity index (χ3v) is 5.12. The zero-order valence-corrected chi connectivity index (χ0v) is 14.6. The van der Waals surface area contributed by atoms with Gasteiger partial charge >= 0.3 is 6.09 Å². The fourth-order valence-electron chi connectivity index (χ4n) is 2.11. The molecule has 0 aliphatic rings. The standard InChI is InChI=1S/C15H14N4O4S2/c1-23-15(20)19-14-17-12-6-5-10(8-13(12)18-14)24-9-3-2-4-11(7-9)25(16,21)22/h2-8H,1H3,(H2,16,21,22)(H2,17,18,19,20). The molecule has 0 saturated heterocycles. The number of carbonyl (C=O) groups is 1. The van der Waals surface area contributed by atoms with Crippen LogP contribution in [0.4, 0.5) is 10.7 Å². The van der Waals surface area contributed by atoms with Crippen LogP contribution in [0.3, 0.4) is 0 Å². The van der Waals surface area contributed by atoms with Crippen LogP contribution in [0.25, 0.3) is 11.0 Å². The summed E-state index contributed by atoms with van der Waals surface area (Å²) in [7, 11) is -2.48. The molecule has 0 aliphatic carbocycles. The molecule has 10 heteroatoms. The van der Waals surface area contributed by atoms with Crippen LogP contribution in [0.5, 0.6) is 0 Å². The van der Waals surface area contributed by atoms with E-state index in [2.05, 4.69) is 20.0 Å². The molecule has 0 unspecified atom stereocenters. The Balaban J connectivity index is 1.86. The first kappa shape index (κ1) is 17.3. The summed E-state index contributed by atoms with van der Waals surface area (Å²) in [6, 6.07) is 11.9. The number of primary sulfonamides is 1. The van der Waals surface area contributed by atoms with Crippen molar-refractivity contribution < 1.29 is 17.9 Å². The van der Waals surface area contributed by atoms with Crippen LogP contribution >= 0.6 is 11.8 Å². The van der Waals surface area contributed by atoms with E-state index < -0.39 is 16.1 Å². The molecule has 1 heterocycles. The van der Waals surface area contributed by atoms with Crippen molar-refractivity contribution in [2.75, 3.05) is 12.4 Å². The predicted molar refractivity (Wildman–Crippen MR) is 94.1 cm³/mol. The summed E-state index contributed by atoms with van der Waals surface area (Å²) >= 11 is 1.37. The Morgan fingerprint density at radius 1 is 1.24 bits per heavy atom. The fourth-order valence-corrected chi connectivity index (χ4v) is 3.65. The van der Waals surface area contributed by atoms with E-state index in [1.54, 1.807) is 12.1 Å². The first-order valence-electron chi connectivity index (χ1n) is 7.00. The lowest BCUT2D eigenvalue weighted by molar-refractivity contribution is 0.186. The smallest absolute Gasteiger partial charge is 0.413 e. The number of aromatic amines is 1. The topological polar surface area (TPSA) is 127 Å². The molecule has 0 bridgehead atoms. The number of methoxy groups -OCH3 is 1. The average molecular weight is 378 g/mol. The number of sulfonamides is 1. The van der Waals surface area contributed by atoms with Gasteiger partial charge in [-0.15, -0.1) is 0 Å². The van der Waals surface area contributed by atoms with Crippen LogP contribution in [-0.4, -0.2) is 31.6 Å². The summed E-state index contributed by atoms with van der Waals surface area (Å²) in [6.07, 6.45) is -0.617. The van der Waals surface area contributed by atoms with Crippen molar-refractivity contribution in [3.63, 3.8) is 0 Å². The summed E-state index contributed by atoms with van der Waals surface area (Å²) < 4.78 is 27.4. The van der Waals surface area contributed by atoms with Gasteiger partial charge in [-0.3, -0.25) is 5.32 Å². The molecule has 0 aliphatic heterocycles. The van der Waals surface area contributed by atoms with Crippen LogP contribution in [-0.2, 0) is 14.8 Å². The average Bonchev–Trinajstić information content (AvgIpc) is 2.95. The highest BCUT2D eigenvalue weighted by molar-refractivity contribution is 7.99. The molecule has 3 rings (SSSR count). The van der Waals surface area contributed by atoms with Crippen LogP contribution < -0.4 is 10.5 Å². The van der Waals surface area contributed by atoms with E-state index in [4.69, 9.17) is 5.14 Å². The fraction of sp³-hybridized carbons (Fsp3) is 0.0667. The Morgan fingerprint density at radius 3 is 2.72 bits per heavy atom. The van der Waals surface area contributed by atoms with Crippen LogP contribution in [0.1, 0.15) is 0 Å². The lowest BCUT2D eigenvalue weighted by Crippen LogP contribution is -2.11. The van der Waals surface area contributed by atoms with Crippen molar-refractivity contribution in [2.45, 2.75) is 14.7 Å². The summed E-state index contributed by atoms with van der Waals surface area (Å²) in [5.74, 6) is 0.278. The third kappa shape index (κ3) is 4.10. The highest BCUT2D eigenvalue weighted by Gasteiger charge is 2.10. The van der Waals surface area contributed by atoms with Gasteiger partial charge in [0, 0.05) is 9.79 Å². The second-order valence-corrected chi connectivity index (χ2v) is 7.71. The van der Waals surface area contributed by atoms with E-state index in [-0.39, 0.29) is 10.8 Å². The minimum absolute atomic E-state index is 0.0583. The Morgan fingerprint density at radius 2 is 2.00 bits per heavy atom. The Hall–Kier alpha value is -2.56. The number of carbonyl (C=O) groups excluding carboxylic acids is 1. The second-order valence-electron chi connectivity index (χ2n) is 5.00. The molecule has 8 nitrogen and oxygen atoms in total. The number of hydrogen-bond acceptors (Lipinski definition) is 6. The van der Waals surface area contributed by atoms with Crippen molar-refractivity contribution in [3.8, 4) is 0 Å². The molecule has 3 aromatic rings. The number of nitrogens with zero attached hydrogens (tertiary/aromatic N) is 1. The van der Waals surface area contributed by atoms with Gasteiger partial charge in [-0.2, -0.15) is 0 Å². The normalized spacial score (nSPS) is 11.4. The highest BCUT2D eigenvalue weighted by Crippen LogP contribution is 2.31. The van der Waals surface area contributed by atoms with Crippen molar-refractivity contribution >= 4 is 44.9 Å². The molecule has 0 atom stereocenters. The minimum Gasteiger partial charge on any atom is -0.453 e.